The van der Waals surface area contributed by atoms with Crippen LogP contribution in [0.25, 0.3) is 0 Å². The van der Waals surface area contributed by atoms with Gasteiger partial charge in [-0.25, -0.2) is 0 Å². The lowest BCUT2D eigenvalue weighted by Crippen LogP contribution is -2.42. The quantitative estimate of drug-likeness (QED) is 0.226. The summed E-state index contributed by atoms with van der Waals surface area (Å²) in [6.45, 7) is 3.06. The Morgan fingerprint density at radius 1 is 0.857 bits per heavy atom. The van der Waals surface area contributed by atoms with E-state index in [1.807, 2.05) is 48.5 Å². The van der Waals surface area contributed by atoms with Gasteiger partial charge in [0, 0.05) is 15.0 Å². The van der Waals surface area contributed by atoms with Gasteiger partial charge in [0.25, 0.3) is 0 Å². The van der Waals surface area contributed by atoms with Crippen molar-refractivity contribution >= 4 is 77.8 Å². The number of hydrogen-bond donors (Lipinski definition) is 4. The third-order valence-electron chi connectivity index (χ3n) is 4.28. The molecule has 4 unspecified atom stereocenters. The Bertz CT molecular complexity index is 870. The van der Waals surface area contributed by atoms with E-state index >= 15 is 0 Å². The normalized spacial score (nSPS) is 13.7. The Morgan fingerprint density at radius 3 is 1.57 bits per heavy atom. The highest BCUT2D eigenvalue weighted by Gasteiger charge is 2.15. The lowest BCUT2D eigenvalue weighted by Gasteiger charge is -2.17. The minimum atomic E-state index is -0.589. The van der Waals surface area contributed by atoms with Gasteiger partial charge in [0.05, 0.1) is 19.3 Å². The number of alkyl halides is 2. The van der Waals surface area contributed by atoms with Crippen molar-refractivity contribution in [2.45, 2.75) is 49.5 Å². The lowest BCUT2D eigenvalue weighted by molar-refractivity contribution is -0.121. The number of aliphatic hydroxyl groups is 2. The molecule has 2 aromatic rings. The molecule has 5 N–H and O–H groups in total. The molecule has 2 rings (SSSR count). The zero-order valence-electron chi connectivity index (χ0n) is 19.4. The molecular formula is C24H31Br2Cl3N2O4. The highest BCUT2D eigenvalue weighted by atomic mass is 79.9. The van der Waals surface area contributed by atoms with Crippen molar-refractivity contribution in [3.63, 3.8) is 0 Å². The number of benzene rings is 2. The van der Waals surface area contributed by atoms with Gasteiger partial charge in [-0.3, -0.25) is 9.59 Å². The van der Waals surface area contributed by atoms with E-state index in [0.29, 0.717) is 6.42 Å². The number of carbonyl (C=O) groups excluding carboxylic acids is 2. The molecule has 0 aliphatic carbocycles. The number of nitrogens with one attached hydrogen (secondary N) is 1. The van der Waals surface area contributed by atoms with Crippen molar-refractivity contribution in [2.75, 3.05) is 13.2 Å². The predicted octanol–water partition coefficient (Wildman–Crippen LogP) is 4.79. The van der Waals surface area contributed by atoms with Crippen LogP contribution < -0.4 is 11.1 Å². The van der Waals surface area contributed by atoms with Crippen LogP contribution in [0.4, 0.5) is 0 Å². The molecule has 0 spiro atoms. The summed E-state index contributed by atoms with van der Waals surface area (Å²) in [6.07, 6.45) is 1.31. The van der Waals surface area contributed by atoms with Crippen LogP contribution in [0, 0.1) is 0 Å². The number of amides is 1. The molecule has 35 heavy (non-hydrogen) atoms. The lowest BCUT2D eigenvalue weighted by atomic mass is 10.1. The first-order valence-corrected chi connectivity index (χ1v) is 13.5. The largest absolute Gasteiger partial charge is 0.395 e. The van der Waals surface area contributed by atoms with Crippen LogP contribution in [-0.2, 0) is 22.4 Å². The summed E-state index contributed by atoms with van der Waals surface area (Å²) in [7, 11) is 0. The molecule has 196 valence electrons. The molecule has 0 bridgehead atoms. The van der Waals surface area contributed by atoms with Crippen LogP contribution in [0.3, 0.4) is 0 Å². The highest BCUT2D eigenvalue weighted by Crippen LogP contribution is 2.12. The number of nitrogens with two attached hydrogens (primary N) is 1. The number of rotatable bonds is 9. The van der Waals surface area contributed by atoms with E-state index in [0.717, 1.165) is 26.5 Å². The zero-order chi connectivity index (χ0) is 27.0. The number of halogens is 5. The first-order valence-electron chi connectivity index (χ1n) is 10.6. The van der Waals surface area contributed by atoms with E-state index in [2.05, 4.69) is 37.2 Å². The summed E-state index contributed by atoms with van der Waals surface area (Å²) < 4.78 is 2.06. The molecular weight excluding hydrogens is 646 g/mol. The minimum absolute atomic E-state index is 0.0378. The molecule has 11 heteroatoms. The van der Waals surface area contributed by atoms with Crippen molar-refractivity contribution in [3.05, 3.63) is 68.6 Å². The van der Waals surface area contributed by atoms with Gasteiger partial charge in [-0.05, 0) is 73.7 Å². The molecule has 0 aliphatic heterocycles. The number of aliphatic hydroxyl groups excluding tert-OH is 2. The van der Waals surface area contributed by atoms with E-state index in [9.17, 15) is 14.7 Å². The Labute approximate surface area is 238 Å². The van der Waals surface area contributed by atoms with Crippen molar-refractivity contribution in [2.24, 2.45) is 5.73 Å². The molecule has 0 fully saturated rings. The first-order chi connectivity index (χ1) is 16.4. The summed E-state index contributed by atoms with van der Waals surface area (Å²) in [5.41, 5.74) is 7.78. The Hall–Kier alpha value is -0.710. The summed E-state index contributed by atoms with van der Waals surface area (Å²) in [5, 5.41) is 19.0. The zero-order valence-corrected chi connectivity index (χ0v) is 24.9. The maximum Gasteiger partial charge on any atom is 0.239 e. The van der Waals surface area contributed by atoms with Crippen LogP contribution in [-0.4, -0.2) is 57.4 Å². The molecule has 6 nitrogen and oxygen atoms in total. The summed E-state index contributed by atoms with van der Waals surface area (Å²) in [5.74, 6) is -0.261. The topological polar surface area (TPSA) is 113 Å². The molecule has 4 atom stereocenters. The van der Waals surface area contributed by atoms with Crippen molar-refractivity contribution in [1.29, 1.82) is 0 Å². The van der Waals surface area contributed by atoms with Crippen LogP contribution in [0.15, 0.2) is 57.5 Å². The average Bonchev–Trinajstić information content (AvgIpc) is 2.82. The first kappa shape index (κ1) is 34.3. The van der Waals surface area contributed by atoms with E-state index in [4.69, 9.17) is 45.6 Å². The van der Waals surface area contributed by atoms with Crippen LogP contribution in [0.1, 0.15) is 25.0 Å². The summed E-state index contributed by atoms with van der Waals surface area (Å²) in [4.78, 5) is 21.2. The second-order valence-electron chi connectivity index (χ2n) is 7.53. The SMILES string of the molecule is CC(Cl)C(=O)Cl.CC(Cl)C(=O)NC(CO)Cc1ccc(Br)cc1.NC(CO)Cc1ccc(Br)cc1. The van der Waals surface area contributed by atoms with E-state index < -0.39 is 16.0 Å². The Morgan fingerprint density at radius 2 is 1.26 bits per heavy atom. The fourth-order valence-electron chi connectivity index (χ4n) is 2.37. The van der Waals surface area contributed by atoms with E-state index in [1.54, 1.807) is 6.92 Å². The maximum absolute atomic E-state index is 11.4. The van der Waals surface area contributed by atoms with Crippen molar-refractivity contribution in [1.82, 2.24) is 5.32 Å². The van der Waals surface area contributed by atoms with Gasteiger partial charge in [0.2, 0.25) is 11.1 Å². The van der Waals surface area contributed by atoms with Gasteiger partial charge in [-0.1, -0.05) is 56.1 Å². The van der Waals surface area contributed by atoms with Crippen LogP contribution in [0.2, 0.25) is 0 Å². The van der Waals surface area contributed by atoms with Gasteiger partial charge in [-0.2, -0.15) is 0 Å². The summed E-state index contributed by atoms with van der Waals surface area (Å²) in [6, 6.07) is 15.2. The maximum atomic E-state index is 11.4. The van der Waals surface area contributed by atoms with E-state index in [1.165, 1.54) is 6.92 Å². The van der Waals surface area contributed by atoms with Crippen molar-refractivity contribution < 1.29 is 19.8 Å². The van der Waals surface area contributed by atoms with Gasteiger partial charge < -0.3 is 21.3 Å². The van der Waals surface area contributed by atoms with Gasteiger partial charge in [0.15, 0.2) is 0 Å². The molecule has 0 aliphatic rings. The van der Waals surface area contributed by atoms with Gasteiger partial charge >= 0.3 is 0 Å². The van der Waals surface area contributed by atoms with Crippen LogP contribution in [0.5, 0.6) is 0 Å². The van der Waals surface area contributed by atoms with E-state index in [-0.39, 0.29) is 31.2 Å². The second-order valence-corrected chi connectivity index (χ2v) is 11.0. The highest BCUT2D eigenvalue weighted by molar-refractivity contribution is 9.10. The average molecular weight is 678 g/mol. The Kier molecular flexibility index (Phi) is 19.0. The summed E-state index contributed by atoms with van der Waals surface area (Å²) >= 11 is 22.3. The van der Waals surface area contributed by atoms with Crippen LogP contribution >= 0.6 is 66.7 Å². The second kappa shape index (κ2) is 19.4. The molecule has 1 amide bonds. The molecule has 0 radical (unpaired) electrons. The minimum Gasteiger partial charge on any atom is -0.395 e. The fraction of sp³-hybridized carbons (Fsp3) is 0.417. The third-order valence-corrected chi connectivity index (χ3v) is 6.17. The smallest absolute Gasteiger partial charge is 0.239 e. The monoisotopic (exact) mass is 674 g/mol. The fourth-order valence-corrected chi connectivity index (χ4v) is 2.96. The number of carbonyl (C=O) groups is 2. The molecule has 2 aromatic carbocycles. The van der Waals surface area contributed by atoms with Gasteiger partial charge in [-0.15, -0.1) is 23.2 Å². The van der Waals surface area contributed by atoms with Crippen molar-refractivity contribution in [3.8, 4) is 0 Å². The predicted molar refractivity (Wildman–Crippen MR) is 151 cm³/mol. The molecule has 0 saturated heterocycles. The van der Waals surface area contributed by atoms with Gasteiger partial charge in [0.1, 0.15) is 10.8 Å². The molecule has 0 heterocycles. The number of hydrogen-bond acceptors (Lipinski definition) is 5. The molecule has 0 saturated carbocycles. The molecule has 0 aromatic heterocycles. The third kappa shape index (κ3) is 17.4. The standard InChI is InChI=1S/C12H15BrClNO2.C9H12BrNO.C3H4Cl2O/c1-8(14)12(17)15-11(7-16)6-9-2-4-10(13)5-3-9;10-8-3-1-7(2-4-8)5-9(11)6-12;1-2(4)3(5)6/h2-5,8,11,16H,6-7H2,1H3,(H,15,17);1-4,9,12H,5-6,11H2;2H,1H3. The Balaban J connectivity index is 0.000000557.